The van der Waals surface area contributed by atoms with Crippen LogP contribution in [0.15, 0.2) is 48.5 Å². The molecule has 0 spiro atoms. The van der Waals surface area contributed by atoms with E-state index in [0.29, 0.717) is 49.0 Å². The molecule has 6 atom stereocenters. The molecular formula is C37H50O11. The van der Waals surface area contributed by atoms with Crippen LogP contribution in [0.1, 0.15) is 101 Å². The second-order valence-electron chi connectivity index (χ2n) is 14.0. The maximum absolute atomic E-state index is 13.6. The number of methoxy groups -OCH3 is 2. The van der Waals surface area contributed by atoms with Crippen molar-refractivity contribution in [3.05, 3.63) is 59.7 Å². The van der Waals surface area contributed by atoms with Gasteiger partial charge in [-0.15, -0.1) is 0 Å². The molecule has 0 amide bonds. The number of hydrogen-bond donors (Lipinski definition) is 0. The van der Waals surface area contributed by atoms with Gasteiger partial charge in [-0.05, 0) is 125 Å². The summed E-state index contributed by atoms with van der Waals surface area (Å²) >= 11 is 0. The molecule has 264 valence electrons. The predicted molar refractivity (Wildman–Crippen MR) is 175 cm³/mol. The van der Waals surface area contributed by atoms with Crippen LogP contribution in [-0.4, -0.2) is 55.7 Å². The molecule has 11 nitrogen and oxygen atoms in total. The molecule has 0 saturated heterocycles. The molecule has 0 bridgehead atoms. The maximum Gasteiger partial charge on any atom is 0.509 e. The van der Waals surface area contributed by atoms with Gasteiger partial charge in [0.15, 0.2) is 0 Å². The van der Waals surface area contributed by atoms with Crippen molar-refractivity contribution in [1.82, 2.24) is 0 Å². The van der Waals surface area contributed by atoms with Crippen molar-refractivity contribution in [3.8, 4) is 11.5 Å². The van der Waals surface area contributed by atoms with Crippen LogP contribution in [0.3, 0.4) is 0 Å². The van der Waals surface area contributed by atoms with E-state index in [-0.39, 0.29) is 23.0 Å². The average Bonchev–Trinajstić information content (AvgIpc) is 3.06. The molecular weight excluding hydrogens is 620 g/mol. The van der Waals surface area contributed by atoms with Crippen molar-refractivity contribution in [3.63, 3.8) is 0 Å². The second-order valence-corrected chi connectivity index (χ2v) is 14.0. The van der Waals surface area contributed by atoms with Gasteiger partial charge in [0.25, 0.3) is 0 Å². The monoisotopic (exact) mass is 670 g/mol. The van der Waals surface area contributed by atoms with Crippen LogP contribution in [0.2, 0.25) is 0 Å². The lowest BCUT2D eigenvalue weighted by molar-refractivity contribution is -0.327. The Kier molecular flexibility index (Phi) is 12.4. The van der Waals surface area contributed by atoms with Crippen LogP contribution < -0.4 is 9.47 Å². The lowest BCUT2D eigenvalue weighted by atomic mass is 9.73. The van der Waals surface area contributed by atoms with Crippen molar-refractivity contribution >= 4 is 18.1 Å². The van der Waals surface area contributed by atoms with Crippen LogP contribution in [0.25, 0.3) is 0 Å². The Morgan fingerprint density at radius 1 is 0.625 bits per heavy atom. The Morgan fingerprint density at radius 2 is 0.979 bits per heavy atom. The molecule has 2 aliphatic carbocycles. The summed E-state index contributed by atoms with van der Waals surface area (Å²) in [6.45, 7) is 12.0. The summed E-state index contributed by atoms with van der Waals surface area (Å²) in [6.07, 6.45) is 1.15. The fourth-order valence-corrected chi connectivity index (χ4v) is 6.43. The SMILES string of the molecule is COc1ccc(C(=O)OOC2CC(C(C)C)CCC2(C)OC(=O)OC2(C)CCC(C(C)C)CC2OOC(=O)c2ccc(OC)cc2)cc1. The molecule has 0 N–H and O–H groups in total. The smallest absolute Gasteiger partial charge is 0.497 e. The molecule has 11 heteroatoms. The van der Waals surface area contributed by atoms with Gasteiger partial charge in [0.05, 0.1) is 25.3 Å². The largest absolute Gasteiger partial charge is 0.509 e. The third-order valence-corrected chi connectivity index (χ3v) is 10.1. The van der Waals surface area contributed by atoms with E-state index >= 15 is 0 Å². The van der Waals surface area contributed by atoms with Gasteiger partial charge in [0, 0.05) is 0 Å². The fourth-order valence-electron chi connectivity index (χ4n) is 6.43. The van der Waals surface area contributed by atoms with E-state index in [1.54, 1.807) is 76.6 Å². The zero-order valence-electron chi connectivity index (χ0n) is 29.3. The van der Waals surface area contributed by atoms with Crippen LogP contribution in [-0.2, 0) is 29.0 Å². The average molecular weight is 671 g/mol. The Balaban J connectivity index is 1.44. The lowest BCUT2D eigenvalue weighted by Crippen LogP contribution is -2.53. The number of benzene rings is 2. The Hall–Kier alpha value is -3.83. The van der Waals surface area contributed by atoms with E-state index in [1.165, 1.54) is 0 Å². The van der Waals surface area contributed by atoms with Crippen LogP contribution in [0, 0.1) is 23.7 Å². The number of ether oxygens (including phenoxy) is 4. The zero-order chi connectivity index (χ0) is 35.1. The summed E-state index contributed by atoms with van der Waals surface area (Å²) in [6, 6.07) is 12.9. The maximum atomic E-state index is 13.6. The van der Waals surface area contributed by atoms with E-state index < -0.39 is 41.5 Å². The Bertz CT molecular complexity index is 1270. The summed E-state index contributed by atoms with van der Waals surface area (Å²) in [5.41, 5.74) is -1.72. The molecule has 2 fully saturated rings. The summed E-state index contributed by atoms with van der Waals surface area (Å²) in [5.74, 6) is 1.09. The first-order chi connectivity index (χ1) is 22.8. The van der Waals surface area contributed by atoms with E-state index in [1.807, 2.05) is 0 Å². The summed E-state index contributed by atoms with van der Waals surface area (Å²) < 4.78 is 22.4. The molecule has 2 aliphatic rings. The second kappa shape index (κ2) is 16.0. The van der Waals surface area contributed by atoms with Gasteiger partial charge in [-0.3, -0.25) is 9.78 Å². The molecule has 0 radical (unpaired) electrons. The third-order valence-electron chi connectivity index (χ3n) is 10.1. The summed E-state index contributed by atoms with van der Waals surface area (Å²) in [4.78, 5) is 61.2. The van der Waals surface area contributed by atoms with Crippen molar-refractivity contribution < 1.29 is 52.9 Å². The highest BCUT2D eigenvalue weighted by Gasteiger charge is 2.50. The number of hydrogen-bond acceptors (Lipinski definition) is 11. The Labute approximate surface area is 283 Å². The molecule has 4 rings (SSSR count). The van der Waals surface area contributed by atoms with Crippen LogP contribution >= 0.6 is 0 Å². The molecule has 0 heterocycles. The summed E-state index contributed by atoms with van der Waals surface area (Å²) in [7, 11) is 3.08. The minimum absolute atomic E-state index is 0.268. The van der Waals surface area contributed by atoms with Crippen molar-refractivity contribution in [1.29, 1.82) is 0 Å². The van der Waals surface area contributed by atoms with Crippen molar-refractivity contribution in [2.75, 3.05) is 14.2 Å². The molecule has 2 saturated carbocycles. The van der Waals surface area contributed by atoms with Gasteiger partial charge >= 0.3 is 18.1 Å². The molecule has 2 aromatic carbocycles. The summed E-state index contributed by atoms with van der Waals surface area (Å²) in [5, 5.41) is 0. The third kappa shape index (κ3) is 9.19. The van der Waals surface area contributed by atoms with E-state index in [0.717, 1.165) is 12.8 Å². The molecule has 2 aromatic rings. The molecule has 48 heavy (non-hydrogen) atoms. The highest BCUT2D eigenvalue weighted by molar-refractivity contribution is 5.89. The van der Waals surface area contributed by atoms with Crippen molar-refractivity contribution in [2.24, 2.45) is 23.7 Å². The Morgan fingerprint density at radius 3 is 1.29 bits per heavy atom. The topological polar surface area (TPSA) is 125 Å². The minimum atomic E-state index is -1.15. The lowest BCUT2D eigenvalue weighted by Gasteiger charge is -2.45. The van der Waals surface area contributed by atoms with Gasteiger partial charge in [0.1, 0.15) is 34.9 Å². The van der Waals surface area contributed by atoms with E-state index in [2.05, 4.69) is 27.7 Å². The first kappa shape index (κ1) is 37.0. The van der Waals surface area contributed by atoms with Gasteiger partial charge in [0.2, 0.25) is 0 Å². The standard InChI is InChI=1S/C37H50O11/c1-23(2)27-17-19-36(5,31(21-27)45-47-33(38)25-9-13-29(41-7)14-10-25)43-35(40)44-37(6)20-18-28(24(3)4)22-32(37)46-48-34(39)26-11-15-30(42-8)16-12-26/h9-16,23-24,27-28,31-32H,17-22H2,1-8H3. The minimum Gasteiger partial charge on any atom is -0.497 e. The van der Waals surface area contributed by atoms with Gasteiger partial charge < -0.3 is 18.9 Å². The highest BCUT2D eigenvalue weighted by Crippen LogP contribution is 2.43. The van der Waals surface area contributed by atoms with Gasteiger partial charge in [-0.25, -0.2) is 14.4 Å². The van der Waals surface area contributed by atoms with Gasteiger partial charge in [-0.2, -0.15) is 9.78 Å². The van der Waals surface area contributed by atoms with Gasteiger partial charge in [-0.1, -0.05) is 27.7 Å². The fraction of sp³-hybridized carbons (Fsp3) is 0.595. The molecule has 6 unspecified atom stereocenters. The van der Waals surface area contributed by atoms with Crippen molar-refractivity contribution in [2.45, 2.75) is 103 Å². The normalized spacial score (nSPS) is 27.2. The van der Waals surface area contributed by atoms with E-state index in [9.17, 15) is 14.4 Å². The first-order valence-electron chi connectivity index (χ1n) is 16.7. The molecule has 0 aliphatic heterocycles. The zero-order valence-corrected chi connectivity index (χ0v) is 29.3. The number of rotatable bonds is 12. The number of carbonyl (C=O) groups is 3. The first-order valence-corrected chi connectivity index (χ1v) is 16.7. The quantitative estimate of drug-likeness (QED) is 0.124. The van der Waals surface area contributed by atoms with Crippen LogP contribution in [0.5, 0.6) is 11.5 Å². The van der Waals surface area contributed by atoms with Crippen LogP contribution in [0.4, 0.5) is 4.79 Å². The predicted octanol–water partition coefficient (Wildman–Crippen LogP) is 7.90. The number of carbonyl (C=O) groups excluding carboxylic acids is 3. The molecule has 0 aromatic heterocycles. The highest BCUT2D eigenvalue weighted by atomic mass is 17.2. The van der Waals surface area contributed by atoms with E-state index in [4.69, 9.17) is 38.5 Å².